The Kier molecular flexibility index (Phi) is 4.89. The number of fused-ring (bicyclic) bond motifs is 2. The first-order chi connectivity index (χ1) is 14.9. The summed E-state index contributed by atoms with van der Waals surface area (Å²) in [5.74, 6) is 1.61. The van der Waals surface area contributed by atoms with E-state index in [1.807, 2.05) is 48.5 Å². The van der Waals surface area contributed by atoms with E-state index in [1.165, 1.54) is 10.6 Å². The van der Waals surface area contributed by atoms with Gasteiger partial charge in [0.25, 0.3) is 10.0 Å². The number of imidazole rings is 1. The Labute approximate surface area is 188 Å². The first-order valence-corrected chi connectivity index (χ1v) is 11.6. The zero-order valence-electron chi connectivity index (χ0n) is 15.9. The molecule has 156 valence electrons. The van der Waals surface area contributed by atoms with E-state index in [0.717, 1.165) is 10.8 Å². The summed E-state index contributed by atoms with van der Waals surface area (Å²) in [6, 6.07) is 18.3. The lowest BCUT2D eigenvalue weighted by Gasteiger charge is -2.12. The molecule has 5 rings (SSSR count). The van der Waals surface area contributed by atoms with Crippen LogP contribution in [0.25, 0.3) is 17.0 Å². The van der Waals surface area contributed by atoms with Gasteiger partial charge >= 0.3 is 0 Å². The predicted octanol–water partition coefficient (Wildman–Crippen LogP) is 5.96. The fourth-order valence-corrected chi connectivity index (χ4v) is 5.38. The number of halogens is 2. The van der Waals surface area contributed by atoms with Gasteiger partial charge in [0, 0.05) is 12.6 Å². The largest absolute Gasteiger partial charge is 0.456 e. The monoisotopic (exact) mass is 471 g/mol. The molecule has 0 saturated carbocycles. The molecular formula is C22H15Cl2N3O3S. The minimum Gasteiger partial charge on any atom is -0.456 e. The molecule has 0 aliphatic carbocycles. The van der Waals surface area contributed by atoms with Crippen LogP contribution in [-0.4, -0.2) is 18.0 Å². The zero-order valence-corrected chi connectivity index (χ0v) is 18.2. The van der Waals surface area contributed by atoms with Gasteiger partial charge in [0.05, 0.1) is 10.7 Å². The fourth-order valence-electron chi connectivity index (χ4n) is 3.44. The van der Waals surface area contributed by atoms with Crippen molar-refractivity contribution in [1.82, 2.24) is 9.55 Å². The van der Waals surface area contributed by atoms with Crippen LogP contribution in [0.3, 0.4) is 0 Å². The number of benzene rings is 3. The maximum atomic E-state index is 12.9. The van der Waals surface area contributed by atoms with Crippen LogP contribution in [0.1, 0.15) is 5.82 Å². The van der Waals surface area contributed by atoms with Gasteiger partial charge in [-0.1, -0.05) is 59.6 Å². The molecule has 0 spiro atoms. The van der Waals surface area contributed by atoms with Gasteiger partial charge in [0.2, 0.25) is 0 Å². The van der Waals surface area contributed by atoms with E-state index in [0.29, 0.717) is 23.7 Å². The van der Waals surface area contributed by atoms with E-state index in [1.54, 1.807) is 18.3 Å². The number of hydrogen-bond acceptors (Lipinski definition) is 4. The van der Waals surface area contributed by atoms with Crippen LogP contribution in [0.4, 0.5) is 5.69 Å². The highest BCUT2D eigenvalue weighted by molar-refractivity contribution is 7.92. The van der Waals surface area contributed by atoms with Crippen LogP contribution in [-0.2, 0) is 16.4 Å². The number of nitrogens with zero attached hydrogens (tertiary/aromatic N) is 2. The maximum absolute atomic E-state index is 12.9. The minimum absolute atomic E-state index is 0.0748. The summed E-state index contributed by atoms with van der Waals surface area (Å²) in [5.41, 5.74) is 0.282. The van der Waals surface area contributed by atoms with Gasteiger partial charge in [-0.3, -0.25) is 9.29 Å². The summed E-state index contributed by atoms with van der Waals surface area (Å²) in [6.45, 7) is 0. The van der Waals surface area contributed by atoms with Crippen molar-refractivity contribution >= 4 is 55.9 Å². The molecule has 6 nitrogen and oxygen atoms in total. The number of sulfonamides is 1. The third kappa shape index (κ3) is 3.76. The first-order valence-electron chi connectivity index (χ1n) is 9.33. The summed E-state index contributed by atoms with van der Waals surface area (Å²) in [6.07, 6.45) is 3.98. The number of rotatable bonds is 5. The molecule has 0 unspecified atom stereocenters. The summed E-state index contributed by atoms with van der Waals surface area (Å²) >= 11 is 12.4. The lowest BCUT2D eigenvalue weighted by atomic mass is 10.1. The maximum Gasteiger partial charge on any atom is 0.281 e. The molecule has 31 heavy (non-hydrogen) atoms. The number of nitrogens with one attached hydrogen (secondary N) is 1. The van der Waals surface area contributed by atoms with Gasteiger partial charge in [-0.15, -0.1) is 0 Å². The van der Waals surface area contributed by atoms with Gasteiger partial charge in [-0.05, 0) is 41.1 Å². The molecule has 4 aromatic rings. The van der Waals surface area contributed by atoms with E-state index < -0.39 is 10.0 Å². The third-order valence-electron chi connectivity index (χ3n) is 4.84. The Morgan fingerprint density at radius 1 is 1.00 bits per heavy atom. The summed E-state index contributed by atoms with van der Waals surface area (Å²) in [4.78, 5) is 4.10. The lowest BCUT2D eigenvalue weighted by molar-refractivity contribution is 0.484. The molecule has 1 aliphatic heterocycles. The second-order valence-corrected chi connectivity index (χ2v) is 9.31. The quantitative estimate of drug-likeness (QED) is 0.389. The Hall–Kier alpha value is -3.00. The highest BCUT2D eigenvalue weighted by Crippen LogP contribution is 2.34. The second kappa shape index (κ2) is 7.60. The van der Waals surface area contributed by atoms with E-state index in [4.69, 9.17) is 27.9 Å². The molecule has 0 amide bonds. The van der Waals surface area contributed by atoms with Crippen LogP contribution < -0.4 is 9.46 Å². The van der Waals surface area contributed by atoms with Crippen molar-refractivity contribution in [2.24, 2.45) is 0 Å². The van der Waals surface area contributed by atoms with Crippen LogP contribution in [0.15, 0.2) is 71.8 Å². The molecule has 0 fully saturated rings. The van der Waals surface area contributed by atoms with Gasteiger partial charge in [0.1, 0.15) is 17.3 Å². The number of hydrogen-bond donors (Lipinski definition) is 1. The average molecular weight is 472 g/mol. The average Bonchev–Trinajstić information content (AvgIpc) is 3.29. The fraction of sp³-hybridized carbons (Fsp3) is 0.0455. The van der Waals surface area contributed by atoms with E-state index in [2.05, 4.69) is 9.71 Å². The summed E-state index contributed by atoms with van der Waals surface area (Å²) < 4.78 is 35.6. The highest BCUT2D eigenvalue weighted by Gasteiger charge is 2.28. The van der Waals surface area contributed by atoms with Crippen LogP contribution in [0.2, 0.25) is 10.2 Å². The molecule has 0 saturated heterocycles. The third-order valence-corrected chi connectivity index (χ3v) is 6.92. The summed E-state index contributed by atoms with van der Waals surface area (Å²) in [5, 5.41) is 2.22. The standard InChI is InChI=1S/C22H15Cl2N3O3S/c23-18-13-16(26-31(28,29)22-21(24)25-20-6-3-11-27(20)22)8-10-19(18)30-17-9-7-14-4-1-2-5-15(14)12-17/h1-5,7-13,26H,6H2. The number of allylic oxidation sites excluding steroid dienone is 1. The molecule has 1 N–H and O–H groups in total. The Balaban J connectivity index is 1.40. The molecule has 1 aromatic heterocycles. The SMILES string of the molecule is O=S(=O)(Nc1ccc(Oc2ccc3ccccc3c2)c(Cl)c1)c1c(Cl)nc2n1C=CC2. The topological polar surface area (TPSA) is 73.2 Å². The number of anilines is 1. The molecule has 1 aliphatic rings. The van der Waals surface area contributed by atoms with Crippen LogP contribution in [0.5, 0.6) is 11.5 Å². The van der Waals surface area contributed by atoms with Crippen molar-refractivity contribution in [3.8, 4) is 11.5 Å². The van der Waals surface area contributed by atoms with Crippen molar-refractivity contribution < 1.29 is 13.2 Å². The molecule has 2 heterocycles. The van der Waals surface area contributed by atoms with Crippen LogP contribution >= 0.6 is 23.2 Å². The Morgan fingerprint density at radius 3 is 2.61 bits per heavy atom. The molecule has 9 heteroatoms. The van der Waals surface area contributed by atoms with Crippen molar-refractivity contribution in [1.29, 1.82) is 0 Å². The van der Waals surface area contributed by atoms with E-state index in [-0.39, 0.29) is 20.9 Å². The Morgan fingerprint density at radius 2 is 1.81 bits per heavy atom. The zero-order chi connectivity index (χ0) is 21.6. The molecule has 0 atom stereocenters. The van der Waals surface area contributed by atoms with Gasteiger partial charge in [-0.2, -0.15) is 8.42 Å². The molecular weight excluding hydrogens is 457 g/mol. The Bertz CT molecular complexity index is 1460. The van der Waals surface area contributed by atoms with Gasteiger partial charge in [0.15, 0.2) is 10.2 Å². The first kappa shape index (κ1) is 19.9. The van der Waals surface area contributed by atoms with Gasteiger partial charge in [-0.25, -0.2) is 4.98 Å². The van der Waals surface area contributed by atoms with E-state index in [9.17, 15) is 8.42 Å². The van der Waals surface area contributed by atoms with Gasteiger partial charge < -0.3 is 4.74 Å². The van der Waals surface area contributed by atoms with Crippen molar-refractivity contribution in [3.05, 3.63) is 82.7 Å². The lowest BCUT2D eigenvalue weighted by Crippen LogP contribution is -2.16. The normalized spacial score (nSPS) is 12.8. The smallest absolute Gasteiger partial charge is 0.281 e. The summed E-state index contributed by atoms with van der Waals surface area (Å²) in [7, 11) is -3.97. The van der Waals surface area contributed by atoms with Crippen molar-refractivity contribution in [2.45, 2.75) is 11.4 Å². The molecule has 0 bridgehead atoms. The minimum atomic E-state index is -3.97. The highest BCUT2D eigenvalue weighted by atomic mass is 35.5. The van der Waals surface area contributed by atoms with Crippen molar-refractivity contribution in [2.75, 3.05) is 4.72 Å². The predicted molar refractivity (Wildman–Crippen MR) is 123 cm³/mol. The van der Waals surface area contributed by atoms with Crippen molar-refractivity contribution in [3.63, 3.8) is 0 Å². The number of ether oxygens (including phenoxy) is 1. The number of aromatic nitrogens is 2. The second-order valence-electron chi connectivity index (χ2n) is 6.94. The molecule has 0 radical (unpaired) electrons. The molecule has 3 aromatic carbocycles. The van der Waals surface area contributed by atoms with Crippen LogP contribution in [0, 0.1) is 0 Å². The van der Waals surface area contributed by atoms with E-state index >= 15 is 0 Å².